The molecule has 0 aromatic heterocycles. The first-order valence-corrected chi connectivity index (χ1v) is 6.12. The molecule has 0 heterocycles. The molecule has 1 amide bonds. The van der Waals surface area contributed by atoms with Crippen LogP contribution < -0.4 is 11.1 Å². The van der Waals surface area contributed by atoms with E-state index in [9.17, 15) is 9.59 Å². The average Bonchev–Trinajstić information content (AvgIpc) is 2.30. The first kappa shape index (κ1) is 15.8. The highest BCUT2D eigenvalue weighted by molar-refractivity contribution is 5.98. The van der Waals surface area contributed by atoms with E-state index in [2.05, 4.69) is 10.1 Å². The van der Waals surface area contributed by atoms with Crippen LogP contribution in [0.25, 0.3) is 0 Å². The summed E-state index contributed by atoms with van der Waals surface area (Å²) in [6, 6.07) is 3.11. The molecule has 110 valence electrons. The van der Waals surface area contributed by atoms with Gasteiger partial charge in [0.1, 0.15) is 5.60 Å². The van der Waals surface area contributed by atoms with Crippen molar-refractivity contribution in [3.8, 4) is 0 Å². The summed E-state index contributed by atoms with van der Waals surface area (Å²) >= 11 is 0. The van der Waals surface area contributed by atoms with Crippen molar-refractivity contribution in [3.05, 3.63) is 23.3 Å². The average molecular weight is 280 g/mol. The van der Waals surface area contributed by atoms with Crippen LogP contribution in [0.1, 0.15) is 36.7 Å². The number of methoxy groups -OCH3 is 1. The minimum atomic E-state index is -0.600. The van der Waals surface area contributed by atoms with E-state index in [0.29, 0.717) is 16.9 Å². The maximum atomic E-state index is 11.7. The Morgan fingerprint density at radius 3 is 2.35 bits per heavy atom. The first-order valence-electron chi connectivity index (χ1n) is 6.12. The Hall–Kier alpha value is -2.24. The van der Waals surface area contributed by atoms with Crippen molar-refractivity contribution in [1.29, 1.82) is 0 Å². The molecule has 0 fully saturated rings. The summed E-state index contributed by atoms with van der Waals surface area (Å²) in [5.41, 5.74) is 6.84. The highest BCUT2D eigenvalue weighted by Gasteiger charge is 2.18. The third-order valence-corrected chi connectivity index (χ3v) is 2.44. The van der Waals surface area contributed by atoms with Crippen LogP contribution in [0.4, 0.5) is 16.2 Å². The molecule has 0 aliphatic heterocycles. The minimum absolute atomic E-state index is 0.207. The second kappa shape index (κ2) is 5.81. The van der Waals surface area contributed by atoms with Crippen LogP contribution in [0.5, 0.6) is 0 Å². The molecule has 1 rings (SSSR count). The molecule has 0 aliphatic carbocycles. The number of anilines is 2. The van der Waals surface area contributed by atoms with Gasteiger partial charge in [0.25, 0.3) is 0 Å². The Labute approximate surface area is 118 Å². The highest BCUT2D eigenvalue weighted by atomic mass is 16.6. The quantitative estimate of drug-likeness (QED) is 0.642. The van der Waals surface area contributed by atoms with Crippen molar-refractivity contribution in [2.45, 2.75) is 33.3 Å². The van der Waals surface area contributed by atoms with Crippen molar-refractivity contribution >= 4 is 23.4 Å². The maximum Gasteiger partial charge on any atom is 0.412 e. The van der Waals surface area contributed by atoms with Crippen LogP contribution in [0.15, 0.2) is 12.1 Å². The van der Waals surface area contributed by atoms with E-state index in [-0.39, 0.29) is 5.56 Å². The number of rotatable bonds is 2. The van der Waals surface area contributed by atoms with E-state index in [4.69, 9.17) is 10.5 Å². The third-order valence-electron chi connectivity index (χ3n) is 2.44. The van der Waals surface area contributed by atoms with E-state index < -0.39 is 17.7 Å². The number of ether oxygens (including phenoxy) is 2. The lowest BCUT2D eigenvalue weighted by atomic mass is 10.1. The summed E-state index contributed by atoms with van der Waals surface area (Å²) in [5.74, 6) is -0.557. The molecule has 3 N–H and O–H groups in total. The van der Waals surface area contributed by atoms with Gasteiger partial charge in [-0.15, -0.1) is 0 Å². The Morgan fingerprint density at radius 2 is 1.85 bits per heavy atom. The van der Waals surface area contributed by atoms with E-state index >= 15 is 0 Å². The number of nitrogens with two attached hydrogens (primary N) is 1. The number of carbonyl (C=O) groups is 2. The Balaban J connectivity index is 3.00. The molecule has 0 saturated heterocycles. The van der Waals surface area contributed by atoms with Crippen LogP contribution >= 0.6 is 0 Å². The van der Waals surface area contributed by atoms with Crippen molar-refractivity contribution in [2.75, 3.05) is 18.2 Å². The molecule has 0 saturated carbocycles. The van der Waals surface area contributed by atoms with Gasteiger partial charge in [0.2, 0.25) is 0 Å². The van der Waals surface area contributed by atoms with E-state index in [0.717, 1.165) is 0 Å². The number of hydrogen-bond donors (Lipinski definition) is 2. The minimum Gasteiger partial charge on any atom is -0.465 e. The summed E-state index contributed by atoms with van der Waals surface area (Å²) in [4.78, 5) is 23.3. The van der Waals surface area contributed by atoms with Gasteiger partial charge in [0.05, 0.1) is 12.7 Å². The first-order chi connectivity index (χ1) is 9.14. The van der Waals surface area contributed by atoms with Gasteiger partial charge >= 0.3 is 12.1 Å². The van der Waals surface area contributed by atoms with Crippen LogP contribution in [0.3, 0.4) is 0 Å². The van der Waals surface area contributed by atoms with E-state index in [1.807, 2.05) is 0 Å². The molecule has 20 heavy (non-hydrogen) atoms. The van der Waals surface area contributed by atoms with E-state index in [1.165, 1.54) is 13.2 Å². The van der Waals surface area contributed by atoms with Gasteiger partial charge in [-0.1, -0.05) is 0 Å². The summed E-state index contributed by atoms with van der Waals surface area (Å²) < 4.78 is 9.79. The molecular weight excluding hydrogens is 260 g/mol. The smallest absolute Gasteiger partial charge is 0.412 e. The molecule has 0 atom stereocenters. The number of aryl methyl sites for hydroxylation is 1. The zero-order chi connectivity index (χ0) is 15.5. The Morgan fingerprint density at radius 1 is 1.25 bits per heavy atom. The zero-order valence-electron chi connectivity index (χ0n) is 12.4. The van der Waals surface area contributed by atoms with Crippen LogP contribution in [0, 0.1) is 6.92 Å². The molecule has 0 bridgehead atoms. The van der Waals surface area contributed by atoms with Crippen LogP contribution in [-0.2, 0) is 9.47 Å². The van der Waals surface area contributed by atoms with Gasteiger partial charge in [-0.25, -0.2) is 9.59 Å². The van der Waals surface area contributed by atoms with Gasteiger partial charge < -0.3 is 15.2 Å². The second-order valence-corrected chi connectivity index (χ2v) is 5.37. The predicted octanol–water partition coefficient (Wildman–Crippen LogP) is 2.71. The number of esters is 1. The lowest BCUT2D eigenvalue weighted by Crippen LogP contribution is -2.27. The third kappa shape index (κ3) is 4.15. The van der Waals surface area contributed by atoms with Gasteiger partial charge in [0.15, 0.2) is 0 Å². The van der Waals surface area contributed by atoms with Crippen LogP contribution in [0.2, 0.25) is 0 Å². The summed E-state index contributed by atoms with van der Waals surface area (Å²) in [5, 5.41) is 2.56. The molecular formula is C14H20N2O4. The normalized spacial score (nSPS) is 10.8. The lowest BCUT2D eigenvalue weighted by molar-refractivity contribution is 0.0597. The monoisotopic (exact) mass is 280 g/mol. The van der Waals surface area contributed by atoms with E-state index in [1.54, 1.807) is 33.8 Å². The van der Waals surface area contributed by atoms with Crippen molar-refractivity contribution in [2.24, 2.45) is 0 Å². The molecule has 0 aliphatic rings. The topological polar surface area (TPSA) is 90.6 Å². The molecule has 1 aromatic rings. The van der Waals surface area contributed by atoms with Crippen molar-refractivity contribution < 1.29 is 19.1 Å². The number of nitrogens with one attached hydrogen (secondary N) is 1. The fourth-order valence-corrected chi connectivity index (χ4v) is 1.57. The SMILES string of the molecule is COC(=O)c1cc(NC(=O)OC(C)(C)C)cc(C)c1N. The number of benzene rings is 1. The highest BCUT2D eigenvalue weighted by Crippen LogP contribution is 2.24. The predicted molar refractivity (Wildman–Crippen MR) is 76.8 cm³/mol. The summed E-state index contributed by atoms with van der Waals surface area (Å²) in [7, 11) is 1.27. The number of amides is 1. The maximum absolute atomic E-state index is 11.7. The fraction of sp³-hybridized carbons (Fsp3) is 0.429. The molecule has 0 unspecified atom stereocenters. The molecule has 6 heteroatoms. The molecule has 6 nitrogen and oxygen atoms in total. The largest absolute Gasteiger partial charge is 0.465 e. The van der Waals surface area contributed by atoms with Crippen molar-refractivity contribution in [1.82, 2.24) is 0 Å². The zero-order valence-corrected chi connectivity index (χ0v) is 12.4. The molecule has 0 spiro atoms. The standard InChI is InChI=1S/C14H20N2O4/c1-8-6-9(16-13(18)20-14(2,3)4)7-10(11(8)15)12(17)19-5/h6-7H,15H2,1-5H3,(H,16,18). The number of carbonyl (C=O) groups excluding carboxylic acids is 2. The Bertz CT molecular complexity index is 533. The van der Waals surface area contributed by atoms with Crippen molar-refractivity contribution in [3.63, 3.8) is 0 Å². The molecule has 0 radical (unpaired) electrons. The Kier molecular flexibility index (Phi) is 4.60. The lowest BCUT2D eigenvalue weighted by Gasteiger charge is -2.20. The second-order valence-electron chi connectivity index (χ2n) is 5.37. The van der Waals surface area contributed by atoms with Gasteiger partial charge in [-0.2, -0.15) is 0 Å². The molecule has 1 aromatic carbocycles. The summed E-state index contributed by atoms with van der Waals surface area (Å²) in [6.07, 6.45) is -0.600. The van der Waals surface area contributed by atoms with Crippen LogP contribution in [-0.4, -0.2) is 24.8 Å². The number of nitrogen functional groups attached to an aromatic ring is 1. The van der Waals surface area contributed by atoms with Gasteiger partial charge in [-0.05, 0) is 45.4 Å². The summed E-state index contributed by atoms with van der Waals surface area (Å²) in [6.45, 7) is 7.03. The number of hydrogen-bond acceptors (Lipinski definition) is 5. The van der Waals surface area contributed by atoms with Gasteiger partial charge in [-0.3, -0.25) is 5.32 Å². The van der Waals surface area contributed by atoms with Gasteiger partial charge in [0, 0.05) is 11.4 Å². The fourth-order valence-electron chi connectivity index (χ4n) is 1.57.